The lowest BCUT2D eigenvalue weighted by atomic mass is 10.0. The van der Waals surface area contributed by atoms with Crippen LogP contribution < -0.4 is 10.5 Å². The molecule has 2 N–H and O–H groups in total. The molecule has 0 radical (unpaired) electrons. The zero-order chi connectivity index (χ0) is 20.8. The third-order valence-corrected chi connectivity index (χ3v) is 5.97. The second-order valence-corrected chi connectivity index (χ2v) is 7.92. The fourth-order valence-electron chi connectivity index (χ4n) is 3.79. The van der Waals surface area contributed by atoms with Crippen molar-refractivity contribution in [3.05, 3.63) is 64.4 Å². The van der Waals surface area contributed by atoms with Gasteiger partial charge >= 0.3 is 0 Å². The molecule has 0 amide bonds. The summed E-state index contributed by atoms with van der Waals surface area (Å²) in [5, 5.41) is 5.52. The van der Waals surface area contributed by atoms with Gasteiger partial charge in [0.15, 0.2) is 5.65 Å². The van der Waals surface area contributed by atoms with Gasteiger partial charge in [0.2, 0.25) is 5.88 Å². The van der Waals surface area contributed by atoms with Gasteiger partial charge < -0.3 is 14.9 Å². The predicted molar refractivity (Wildman–Crippen MR) is 123 cm³/mol. The molecule has 0 saturated carbocycles. The summed E-state index contributed by atoms with van der Waals surface area (Å²) in [4.78, 5) is 12.8. The van der Waals surface area contributed by atoms with Crippen molar-refractivity contribution in [2.75, 3.05) is 12.8 Å². The molecule has 5 aromatic rings. The van der Waals surface area contributed by atoms with Crippen molar-refractivity contribution >= 4 is 45.0 Å². The van der Waals surface area contributed by atoms with Crippen LogP contribution in [-0.2, 0) is 0 Å². The van der Waals surface area contributed by atoms with Gasteiger partial charge in [-0.3, -0.25) is 0 Å². The summed E-state index contributed by atoms with van der Waals surface area (Å²) in [6.07, 6.45) is 5.29. The van der Waals surface area contributed by atoms with Crippen LogP contribution in [0, 0.1) is 3.70 Å². The Balaban J connectivity index is 1.76. The zero-order valence-electron chi connectivity index (χ0n) is 16.3. The molecule has 0 spiro atoms. The molecule has 0 bridgehead atoms. The van der Waals surface area contributed by atoms with Crippen molar-refractivity contribution in [1.29, 1.82) is 0 Å². The molecule has 0 aliphatic carbocycles. The maximum absolute atomic E-state index is 6.09. The average Bonchev–Trinajstić information content (AvgIpc) is 3.32. The van der Waals surface area contributed by atoms with Crippen LogP contribution in [-0.4, -0.2) is 36.2 Å². The number of ether oxygens (including phenoxy) is 1. The summed E-state index contributed by atoms with van der Waals surface area (Å²) in [5.74, 6) is 1.00. The third-order valence-electron chi connectivity index (χ3n) is 5.22. The number of anilines is 1. The molecule has 9 heteroatoms. The topological polar surface area (TPSA) is 96.2 Å². The highest BCUT2D eigenvalue weighted by Gasteiger charge is 2.23. The highest BCUT2D eigenvalue weighted by atomic mass is 127. The molecule has 1 atom stereocenters. The van der Waals surface area contributed by atoms with Crippen LogP contribution in [0.5, 0.6) is 5.88 Å². The molecular weight excluding hydrogens is 493 g/mol. The summed E-state index contributed by atoms with van der Waals surface area (Å²) in [6.45, 7) is 2.11. The maximum Gasteiger partial charge on any atom is 0.213 e. The fourth-order valence-corrected chi connectivity index (χ4v) is 4.54. The lowest BCUT2D eigenvalue weighted by molar-refractivity contribution is 0.398. The summed E-state index contributed by atoms with van der Waals surface area (Å²) >= 11 is 2.18. The van der Waals surface area contributed by atoms with E-state index in [0.717, 1.165) is 31.4 Å². The lowest BCUT2D eigenvalue weighted by Gasteiger charge is -2.15. The quantitative estimate of drug-likeness (QED) is 0.368. The smallest absolute Gasteiger partial charge is 0.213 e. The molecule has 0 aromatic carbocycles. The van der Waals surface area contributed by atoms with Crippen LogP contribution >= 0.6 is 22.6 Å². The normalized spacial score (nSPS) is 12.5. The fraction of sp³-hybridized carbons (Fsp3) is 0.143. The van der Waals surface area contributed by atoms with Crippen LogP contribution in [0.3, 0.4) is 0 Å². The first-order valence-electron chi connectivity index (χ1n) is 9.33. The molecule has 150 valence electrons. The van der Waals surface area contributed by atoms with E-state index in [1.54, 1.807) is 13.3 Å². The Hall–Kier alpha value is -3.21. The molecule has 0 fully saturated rings. The Bertz CT molecular complexity index is 1390. The van der Waals surface area contributed by atoms with Gasteiger partial charge in [-0.1, -0.05) is 6.07 Å². The number of nitrogen functional groups attached to an aromatic ring is 1. The summed E-state index contributed by atoms with van der Waals surface area (Å²) in [7, 11) is 1.62. The minimum absolute atomic E-state index is 0.0978. The van der Waals surface area contributed by atoms with E-state index < -0.39 is 0 Å². The number of hydrogen-bond acceptors (Lipinski definition) is 6. The van der Waals surface area contributed by atoms with Gasteiger partial charge in [-0.25, -0.2) is 19.6 Å². The van der Waals surface area contributed by atoms with Crippen molar-refractivity contribution in [2.24, 2.45) is 0 Å². The van der Waals surface area contributed by atoms with E-state index in [1.807, 2.05) is 28.9 Å². The number of aromatic nitrogens is 6. The Morgan fingerprint density at radius 1 is 1.13 bits per heavy atom. The minimum atomic E-state index is -0.0978. The Morgan fingerprint density at radius 3 is 2.83 bits per heavy atom. The summed E-state index contributed by atoms with van der Waals surface area (Å²) in [6, 6.07) is 12.1. The number of nitrogens with zero attached hydrogens (tertiary/aromatic N) is 6. The van der Waals surface area contributed by atoms with E-state index >= 15 is 0 Å². The van der Waals surface area contributed by atoms with Crippen LogP contribution in [0.25, 0.3) is 27.8 Å². The Morgan fingerprint density at radius 2 is 2.00 bits per heavy atom. The highest BCUT2D eigenvalue weighted by molar-refractivity contribution is 14.1. The summed E-state index contributed by atoms with van der Waals surface area (Å²) in [5.41, 5.74) is 11.1. The van der Waals surface area contributed by atoms with E-state index in [2.05, 4.69) is 67.2 Å². The molecule has 0 saturated heterocycles. The average molecular weight is 511 g/mol. The van der Waals surface area contributed by atoms with Gasteiger partial charge in [-0.15, -0.1) is 0 Å². The Labute approximate surface area is 185 Å². The van der Waals surface area contributed by atoms with Crippen LogP contribution in [0.4, 0.5) is 5.82 Å². The molecule has 8 nitrogen and oxygen atoms in total. The van der Waals surface area contributed by atoms with Crippen molar-refractivity contribution in [3.63, 3.8) is 0 Å². The second-order valence-electron chi connectivity index (χ2n) is 6.90. The number of rotatable bonds is 4. The number of pyridine rings is 2. The second kappa shape index (κ2) is 7.24. The van der Waals surface area contributed by atoms with E-state index in [4.69, 9.17) is 15.6 Å². The molecule has 5 heterocycles. The first-order valence-corrected chi connectivity index (χ1v) is 10.4. The molecule has 30 heavy (non-hydrogen) atoms. The highest BCUT2D eigenvalue weighted by Crippen LogP contribution is 2.36. The number of fused-ring (bicyclic) bond motifs is 2. The molecule has 0 aliphatic rings. The van der Waals surface area contributed by atoms with Crippen LogP contribution in [0.15, 0.2) is 55.1 Å². The Kier molecular flexibility index (Phi) is 4.54. The van der Waals surface area contributed by atoms with E-state index in [0.29, 0.717) is 17.3 Å². The molecule has 1 unspecified atom stereocenters. The standard InChI is InChI=1S/C21H18IN7O/c1-12(29-21-17(19(22)27-29)20(23)25-11-26-21)15-10-14-5-3-4-8-28(14)18(15)13-6-7-24-16(9-13)30-2/h3-12H,1-2H3,(H2,23,25,26). The van der Waals surface area contributed by atoms with Gasteiger partial charge in [0, 0.05) is 35.1 Å². The zero-order valence-corrected chi connectivity index (χ0v) is 18.5. The van der Waals surface area contributed by atoms with E-state index in [9.17, 15) is 0 Å². The van der Waals surface area contributed by atoms with Gasteiger partial charge in [-0.2, -0.15) is 5.10 Å². The molecule has 0 aliphatic heterocycles. The molecular formula is C21H18IN7O. The van der Waals surface area contributed by atoms with Crippen molar-refractivity contribution in [2.45, 2.75) is 13.0 Å². The van der Waals surface area contributed by atoms with Gasteiger partial charge in [0.05, 0.1) is 24.2 Å². The van der Waals surface area contributed by atoms with Gasteiger partial charge in [0.25, 0.3) is 0 Å². The predicted octanol–water partition coefficient (Wildman–Crippen LogP) is 3.95. The minimum Gasteiger partial charge on any atom is -0.481 e. The van der Waals surface area contributed by atoms with Crippen molar-refractivity contribution in [1.82, 2.24) is 29.1 Å². The van der Waals surface area contributed by atoms with E-state index in [-0.39, 0.29) is 6.04 Å². The SMILES string of the molecule is COc1cc(-c2c(C(C)n3nc(I)c4c(N)ncnc43)cc3ccccn23)ccn1. The molecule has 5 rings (SSSR count). The van der Waals surface area contributed by atoms with Crippen LogP contribution in [0.1, 0.15) is 18.5 Å². The lowest BCUT2D eigenvalue weighted by Crippen LogP contribution is -2.10. The number of nitrogens with two attached hydrogens (primary N) is 1. The first kappa shape index (κ1) is 18.8. The van der Waals surface area contributed by atoms with E-state index in [1.165, 1.54) is 6.33 Å². The van der Waals surface area contributed by atoms with Gasteiger partial charge in [0.1, 0.15) is 15.8 Å². The largest absolute Gasteiger partial charge is 0.481 e. The van der Waals surface area contributed by atoms with Gasteiger partial charge in [-0.05, 0) is 53.8 Å². The number of methoxy groups -OCH3 is 1. The van der Waals surface area contributed by atoms with Crippen molar-refractivity contribution < 1.29 is 4.74 Å². The monoisotopic (exact) mass is 511 g/mol. The van der Waals surface area contributed by atoms with Crippen LogP contribution in [0.2, 0.25) is 0 Å². The number of hydrogen-bond donors (Lipinski definition) is 1. The third kappa shape index (κ3) is 2.88. The van der Waals surface area contributed by atoms with Crippen molar-refractivity contribution in [3.8, 4) is 17.1 Å². The number of halogens is 1. The molecule has 5 aromatic heterocycles. The summed E-state index contributed by atoms with van der Waals surface area (Å²) < 4.78 is 10.2. The maximum atomic E-state index is 6.09. The first-order chi connectivity index (χ1) is 14.6.